The van der Waals surface area contributed by atoms with Crippen LogP contribution in [0.25, 0.3) is 0 Å². The van der Waals surface area contributed by atoms with E-state index < -0.39 is 102 Å². The van der Waals surface area contributed by atoms with Gasteiger partial charge in [-0.05, 0) is 80.8 Å². The number of likely N-dealkylation sites (N-methyl/N-ethyl adjacent to an activating group) is 1. The van der Waals surface area contributed by atoms with Gasteiger partial charge in [0.1, 0.15) is 23.9 Å². The number of hydrazone groups is 1. The summed E-state index contributed by atoms with van der Waals surface area (Å²) in [5.74, 6) is 2.50. The molecule has 15 nitrogen and oxygen atoms in total. The number of hydrogen-bond donors (Lipinski definition) is 5. The van der Waals surface area contributed by atoms with Crippen LogP contribution in [0.2, 0.25) is 0 Å². The Labute approximate surface area is 316 Å². The largest absolute Gasteiger partial charge is 0.459 e. The highest BCUT2D eigenvalue weighted by atomic mass is 16.7. The molecule has 310 valence electrons. The fourth-order valence-corrected chi connectivity index (χ4v) is 8.84. The van der Waals surface area contributed by atoms with Crippen molar-refractivity contribution >= 4 is 11.7 Å². The van der Waals surface area contributed by atoms with Gasteiger partial charge in [0.15, 0.2) is 12.6 Å². The van der Waals surface area contributed by atoms with Crippen LogP contribution in [0.3, 0.4) is 0 Å². The summed E-state index contributed by atoms with van der Waals surface area (Å²) in [6, 6.07) is -0.265. The number of nitrogens with zero attached hydrogens (tertiary/aromatic N) is 2. The second kappa shape index (κ2) is 18.2. The minimum Gasteiger partial charge on any atom is -0.459 e. The van der Waals surface area contributed by atoms with Crippen LogP contribution in [0, 0.1) is 23.7 Å². The molecule has 0 radical (unpaired) electrons. The third-order valence-electron chi connectivity index (χ3n) is 12.5. The molecule has 3 rings (SSSR count). The summed E-state index contributed by atoms with van der Waals surface area (Å²) in [6.07, 6.45) is -8.11. The Kier molecular flexibility index (Phi) is 15.7. The third-order valence-corrected chi connectivity index (χ3v) is 12.5. The number of cyclic esters (lactones) is 1. The van der Waals surface area contributed by atoms with E-state index >= 15 is 0 Å². The fraction of sp³-hybridized carbons (Fsp3) is 0.947. The average molecular weight is 762 g/mol. The van der Waals surface area contributed by atoms with E-state index in [1.54, 1.807) is 41.7 Å². The van der Waals surface area contributed by atoms with Crippen molar-refractivity contribution in [2.24, 2.45) is 34.6 Å². The number of aliphatic hydroxyl groups excluding tert-OH is 3. The van der Waals surface area contributed by atoms with E-state index in [0.29, 0.717) is 12.1 Å². The molecule has 0 aromatic heterocycles. The Balaban J connectivity index is 2.25. The predicted octanol–water partition coefficient (Wildman–Crippen LogP) is 2.19. The Hall–Kier alpha value is -1.50. The zero-order valence-corrected chi connectivity index (χ0v) is 34.5. The molecular formula is C38H71N3O12. The number of methoxy groups -OCH3 is 2. The van der Waals surface area contributed by atoms with Crippen LogP contribution >= 0.6 is 0 Å². The van der Waals surface area contributed by atoms with Gasteiger partial charge in [-0.25, -0.2) is 0 Å². The van der Waals surface area contributed by atoms with Crippen molar-refractivity contribution in [3.63, 3.8) is 0 Å². The SMILES string of the molecule is CC[C@H]1OC(=O)[C@H](C)[C@@H](O[C@H]2C[C@@](C)(OC)[C@@H](O)[C@H](C)O2)[C@H](C)[C@@H](O[C@H]2O[C@H](C)C[C@H](N(C)C)[C@H]2O)[C@](C)(OC)C[C@@H](C)/C(=N\N)[C@H](C)[C@@H](O)[C@]1(C)O. The fourth-order valence-electron chi connectivity index (χ4n) is 8.84. The van der Waals surface area contributed by atoms with Crippen LogP contribution < -0.4 is 5.84 Å². The predicted molar refractivity (Wildman–Crippen MR) is 198 cm³/mol. The van der Waals surface area contributed by atoms with E-state index in [0.717, 1.165) is 0 Å². The molecule has 0 unspecified atom stereocenters. The second-order valence-corrected chi connectivity index (χ2v) is 16.8. The molecule has 0 spiro atoms. The van der Waals surface area contributed by atoms with Crippen LogP contribution in [0.4, 0.5) is 0 Å². The quantitative estimate of drug-likeness (QED) is 0.137. The van der Waals surface area contributed by atoms with Gasteiger partial charge in [0.2, 0.25) is 0 Å². The summed E-state index contributed by atoms with van der Waals surface area (Å²) in [7, 11) is 6.86. The van der Waals surface area contributed by atoms with E-state index in [-0.39, 0.29) is 31.4 Å². The van der Waals surface area contributed by atoms with E-state index in [1.165, 1.54) is 14.0 Å². The molecule has 0 aromatic carbocycles. The van der Waals surface area contributed by atoms with Crippen molar-refractivity contribution < 1.29 is 58.4 Å². The van der Waals surface area contributed by atoms with E-state index in [2.05, 4.69) is 5.10 Å². The first-order chi connectivity index (χ1) is 24.5. The molecule has 3 saturated heterocycles. The normalized spacial score (nSPS) is 49.1. The number of carbonyl (C=O) groups excluding carboxylic acids is 1. The Morgan fingerprint density at radius 1 is 0.906 bits per heavy atom. The highest BCUT2D eigenvalue weighted by molar-refractivity contribution is 5.89. The maximum atomic E-state index is 14.3. The number of rotatable bonds is 8. The maximum Gasteiger partial charge on any atom is 0.311 e. The van der Waals surface area contributed by atoms with E-state index in [1.807, 2.05) is 46.7 Å². The molecule has 0 saturated carbocycles. The lowest BCUT2D eigenvalue weighted by Gasteiger charge is -2.50. The van der Waals surface area contributed by atoms with Gasteiger partial charge in [-0.3, -0.25) is 4.79 Å². The van der Waals surface area contributed by atoms with Crippen LogP contribution in [0.5, 0.6) is 0 Å². The first-order valence-electron chi connectivity index (χ1n) is 19.2. The van der Waals surface area contributed by atoms with Gasteiger partial charge >= 0.3 is 5.97 Å². The summed E-state index contributed by atoms with van der Waals surface area (Å²) in [4.78, 5) is 16.2. The average Bonchev–Trinajstić information content (AvgIpc) is 3.10. The lowest BCUT2D eigenvalue weighted by molar-refractivity contribution is -0.319. The van der Waals surface area contributed by atoms with Crippen molar-refractivity contribution in [1.29, 1.82) is 0 Å². The number of carbonyl (C=O) groups is 1. The maximum absolute atomic E-state index is 14.3. The topological polar surface area (TPSA) is 204 Å². The molecule has 0 bridgehead atoms. The number of hydrogen-bond acceptors (Lipinski definition) is 15. The van der Waals surface area contributed by atoms with Crippen molar-refractivity contribution in [1.82, 2.24) is 4.90 Å². The van der Waals surface area contributed by atoms with Crippen LogP contribution in [0.1, 0.15) is 94.9 Å². The van der Waals surface area contributed by atoms with Gasteiger partial charge in [0, 0.05) is 44.2 Å². The van der Waals surface area contributed by atoms with Gasteiger partial charge in [-0.1, -0.05) is 27.7 Å². The van der Waals surface area contributed by atoms with Crippen molar-refractivity contribution in [2.75, 3.05) is 28.3 Å². The molecule has 0 amide bonds. The van der Waals surface area contributed by atoms with Gasteiger partial charge < -0.3 is 64.3 Å². The van der Waals surface area contributed by atoms with Gasteiger partial charge in [-0.15, -0.1) is 0 Å². The molecule has 3 aliphatic rings. The minimum absolute atomic E-state index is 0.142. The van der Waals surface area contributed by atoms with Gasteiger partial charge in [-0.2, -0.15) is 5.10 Å². The van der Waals surface area contributed by atoms with Crippen molar-refractivity contribution in [3.8, 4) is 0 Å². The molecule has 6 N–H and O–H groups in total. The molecular weight excluding hydrogens is 690 g/mol. The van der Waals surface area contributed by atoms with Gasteiger partial charge in [0.05, 0.1) is 47.6 Å². The summed E-state index contributed by atoms with van der Waals surface area (Å²) in [6.45, 7) is 17.7. The number of esters is 1. The van der Waals surface area contributed by atoms with Crippen LogP contribution in [-0.2, 0) is 38.0 Å². The minimum atomic E-state index is -1.88. The van der Waals surface area contributed by atoms with Crippen molar-refractivity contribution in [2.45, 2.75) is 179 Å². The third kappa shape index (κ3) is 9.73. The number of ether oxygens (including phenoxy) is 7. The smallest absolute Gasteiger partial charge is 0.311 e. The first kappa shape index (κ1) is 45.9. The molecule has 15 heteroatoms. The zero-order valence-electron chi connectivity index (χ0n) is 34.5. The van der Waals surface area contributed by atoms with Crippen LogP contribution in [-0.4, -0.2) is 150 Å². The number of nitrogens with two attached hydrogens (primary N) is 1. The summed E-state index contributed by atoms with van der Waals surface area (Å²) >= 11 is 0. The number of aliphatic hydroxyl groups is 4. The van der Waals surface area contributed by atoms with E-state index in [4.69, 9.17) is 39.0 Å². The van der Waals surface area contributed by atoms with Crippen LogP contribution in [0.15, 0.2) is 5.10 Å². The van der Waals surface area contributed by atoms with E-state index in [9.17, 15) is 25.2 Å². The van der Waals surface area contributed by atoms with Crippen molar-refractivity contribution in [3.05, 3.63) is 0 Å². The molecule has 53 heavy (non-hydrogen) atoms. The first-order valence-corrected chi connectivity index (χ1v) is 19.2. The monoisotopic (exact) mass is 762 g/mol. The zero-order chi connectivity index (χ0) is 40.4. The second-order valence-electron chi connectivity index (χ2n) is 16.8. The molecule has 0 aliphatic carbocycles. The Morgan fingerprint density at radius 3 is 2.04 bits per heavy atom. The molecule has 3 aliphatic heterocycles. The molecule has 18 atom stereocenters. The Morgan fingerprint density at radius 2 is 1.51 bits per heavy atom. The molecule has 0 aromatic rings. The van der Waals surface area contributed by atoms with Gasteiger partial charge in [0.25, 0.3) is 0 Å². The summed E-state index contributed by atoms with van der Waals surface area (Å²) in [5.41, 5.74) is -3.65. The highest BCUT2D eigenvalue weighted by Gasteiger charge is 2.54. The summed E-state index contributed by atoms with van der Waals surface area (Å²) in [5, 5.41) is 50.1. The lowest BCUT2D eigenvalue weighted by atomic mass is 9.73. The lowest BCUT2D eigenvalue weighted by Crippen LogP contribution is -2.61. The molecule has 3 fully saturated rings. The molecule has 3 heterocycles. The summed E-state index contributed by atoms with van der Waals surface area (Å²) < 4.78 is 44.3. The highest BCUT2D eigenvalue weighted by Crippen LogP contribution is 2.42. The standard InChI is InChI=1S/C38H71N3O12/c1-15-26-38(10,46)31(43)21(4)28(40-39)19(2)17-37(9,48-14)33(53-35-29(42)25(41(11)12)16-20(3)49-35)22(5)30(23(6)34(45)51-26)52-27-18-36(8,47-13)32(44)24(7)50-27/h19-27,29-33,35,42-44,46H,15-18,39H2,1-14H3/b40-28+/t19-,20-,21+,22+,23-,24+,25+,26-,27+,29-,30+,31-,32+,33-,35-,36-,37-,38-/m1/s1. The Bertz CT molecular complexity index is 1220.